The van der Waals surface area contributed by atoms with Crippen LogP contribution in [0.2, 0.25) is 0 Å². The minimum atomic E-state index is 1.17. The Bertz CT molecular complexity index is 292. The first-order valence-corrected chi connectivity index (χ1v) is 6.34. The normalized spacial score (nSPS) is 26.1. The van der Waals surface area contributed by atoms with Crippen LogP contribution in [0.25, 0.3) is 0 Å². The number of hydrogen-bond donors (Lipinski definition) is 0. The van der Waals surface area contributed by atoms with Crippen LogP contribution in [0.1, 0.15) is 32.1 Å². The van der Waals surface area contributed by atoms with Crippen LogP contribution < -0.4 is 0 Å². The van der Waals surface area contributed by atoms with Crippen LogP contribution in [-0.4, -0.2) is 36.0 Å². The molecule has 0 radical (unpaired) electrons. The minimum absolute atomic E-state index is 1.17. The molecule has 1 aliphatic carbocycles. The molecule has 2 heterocycles. The van der Waals surface area contributed by atoms with E-state index < -0.39 is 0 Å². The molecule has 0 aromatic carbocycles. The summed E-state index contributed by atoms with van der Waals surface area (Å²) >= 11 is 0. The highest BCUT2D eigenvalue weighted by atomic mass is 15.2. The lowest BCUT2D eigenvalue weighted by molar-refractivity contribution is 0.417. The standard InChI is InChI=1S/C13H20N2/c1-2-8-14(7-1)12-5-6-13(11-12)15-9-3-4-10-15/h5,11H,1-4,6-10H2. The molecule has 82 valence electrons. The van der Waals surface area contributed by atoms with Crippen molar-refractivity contribution < 1.29 is 0 Å². The molecule has 0 aromatic rings. The zero-order valence-electron chi connectivity index (χ0n) is 9.41. The molecule has 0 saturated carbocycles. The second-order valence-corrected chi connectivity index (χ2v) is 4.86. The maximum Gasteiger partial charge on any atom is 0.0347 e. The van der Waals surface area contributed by atoms with Crippen molar-refractivity contribution in [3.8, 4) is 0 Å². The van der Waals surface area contributed by atoms with Gasteiger partial charge in [-0.1, -0.05) is 6.08 Å². The highest BCUT2D eigenvalue weighted by molar-refractivity contribution is 5.31. The van der Waals surface area contributed by atoms with E-state index in [1.54, 1.807) is 5.70 Å². The van der Waals surface area contributed by atoms with Crippen molar-refractivity contribution in [3.63, 3.8) is 0 Å². The van der Waals surface area contributed by atoms with Crippen molar-refractivity contribution in [1.82, 2.24) is 9.80 Å². The van der Waals surface area contributed by atoms with Crippen LogP contribution in [0.15, 0.2) is 23.5 Å². The zero-order chi connectivity index (χ0) is 10.1. The predicted octanol–water partition coefficient (Wildman–Crippen LogP) is 2.35. The highest BCUT2D eigenvalue weighted by Crippen LogP contribution is 2.28. The van der Waals surface area contributed by atoms with Crippen LogP contribution in [-0.2, 0) is 0 Å². The maximum atomic E-state index is 2.57. The van der Waals surface area contributed by atoms with E-state index in [2.05, 4.69) is 22.0 Å². The average Bonchev–Trinajstić information content (AvgIpc) is 3.02. The van der Waals surface area contributed by atoms with Crippen molar-refractivity contribution in [3.05, 3.63) is 23.5 Å². The van der Waals surface area contributed by atoms with Gasteiger partial charge in [0.15, 0.2) is 0 Å². The van der Waals surface area contributed by atoms with E-state index >= 15 is 0 Å². The minimum Gasteiger partial charge on any atom is -0.375 e. The van der Waals surface area contributed by atoms with Gasteiger partial charge in [0.05, 0.1) is 0 Å². The smallest absolute Gasteiger partial charge is 0.0347 e. The van der Waals surface area contributed by atoms with Crippen molar-refractivity contribution in [2.75, 3.05) is 26.2 Å². The third-order valence-corrected chi connectivity index (χ3v) is 3.82. The van der Waals surface area contributed by atoms with E-state index in [1.165, 1.54) is 64.0 Å². The number of allylic oxidation sites excluding steroid dienone is 2. The maximum absolute atomic E-state index is 2.57. The quantitative estimate of drug-likeness (QED) is 0.681. The third kappa shape index (κ3) is 1.77. The fourth-order valence-electron chi connectivity index (χ4n) is 2.92. The van der Waals surface area contributed by atoms with E-state index in [1.807, 2.05) is 0 Å². The summed E-state index contributed by atoms with van der Waals surface area (Å²) in [5.74, 6) is 0. The molecule has 0 unspecified atom stereocenters. The fraction of sp³-hybridized carbons (Fsp3) is 0.692. The average molecular weight is 204 g/mol. The predicted molar refractivity (Wildman–Crippen MR) is 62.4 cm³/mol. The molecule has 2 heteroatoms. The first-order valence-electron chi connectivity index (χ1n) is 6.34. The topological polar surface area (TPSA) is 6.48 Å². The highest BCUT2D eigenvalue weighted by Gasteiger charge is 2.21. The van der Waals surface area contributed by atoms with Crippen LogP contribution in [0, 0.1) is 0 Å². The monoisotopic (exact) mass is 204 g/mol. The van der Waals surface area contributed by atoms with Gasteiger partial charge < -0.3 is 9.80 Å². The van der Waals surface area contributed by atoms with Crippen molar-refractivity contribution in [2.45, 2.75) is 32.1 Å². The van der Waals surface area contributed by atoms with Gasteiger partial charge in [-0.25, -0.2) is 0 Å². The molecule has 0 N–H and O–H groups in total. The van der Waals surface area contributed by atoms with Gasteiger partial charge in [0.1, 0.15) is 0 Å². The Morgan fingerprint density at radius 2 is 1.40 bits per heavy atom. The molecule has 0 amide bonds. The Morgan fingerprint density at radius 1 is 0.800 bits per heavy atom. The summed E-state index contributed by atoms with van der Waals surface area (Å²) < 4.78 is 0. The Hall–Kier alpha value is -0.920. The van der Waals surface area contributed by atoms with Crippen LogP contribution in [0.4, 0.5) is 0 Å². The number of likely N-dealkylation sites (tertiary alicyclic amines) is 2. The molecule has 2 aliphatic heterocycles. The molecule has 0 atom stereocenters. The van der Waals surface area contributed by atoms with Gasteiger partial charge in [0.2, 0.25) is 0 Å². The zero-order valence-corrected chi connectivity index (χ0v) is 9.41. The van der Waals surface area contributed by atoms with Crippen molar-refractivity contribution >= 4 is 0 Å². The van der Waals surface area contributed by atoms with E-state index in [4.69, 9.17) is 0 Å². The molecule has 3 aliphatic rings. The summed E-state index contributed by atoms with van der Waals surface area (Å²) in [5.41, 5.74) is 3.06. The molecule has 0 aromatic heterocycles. The lowest BCUT2D eigenvalue weighted by Gasteiger charge is -2.19. The van der Waals surface area contributed by atoms with E-state index in [-0.39, 0.29) is 0 Å². The second kappa shape index (κ2) is 3.92. The molecule has 3 rings (SSSR count). The summed E-state index contributed by atoms with van der Waals surface area (Å²) in [7, 11) is 0. The summed E-state index contributed by atoms with van der Waals surface area (Å²) in [6, 6.07) is 0. The van der Waals surface area contributed by atoms with E-state index in [0.717, 1.165) is 0 Å². The molecule has 2 fully saturated rings. The molecule has 2 nitrogen and oxygen atoms in total. The Morgan fingerprint density at radius 3 is 2.07 bits per heavy atom. The van der Waals surface area contributed by atoms with E-state index in [9.17, 15) is 0 Å². The molecule has 2 saturated heterocycles. The van der Waals surface area contributed by atoms with Gasteiger partial charge in [0, 0.05) is 44.0 Å². The summed E-state index contributed by atoms with van der Waals surface area (Å²) in [6.07, 6.45) is 11.5. The van der Waals surface area contributed by atoms with Gasteiger partial charge in [-0.3, -0.25) is 0 Å². The van der Waals surface area contributed by atoms with Gasteiger partial charge >= 0.3 is 0 Å². The van der Waals surface area contributed by atoms with E-state index in [0.29, 0.717) is 0 Å². The summed E-state index contributed by atoms with van der Waals surface area (Å²) in [4.78, 5) is 5.11. The third-order valence-electron chi connectivity index (χ3n) is 3.82. The fourth-order valence-corrected chi connectivity index (χ4v) is 2.92. The first kappa shape index (κ1) is 9.32. The molecule has 0 bridgehead atoms. The SMILES string of the molecule is C1=C(N2CCCC2)C=C(N2CCCC2)C1. The van der Waals surface area contributed by atoms with Gasteiger partial charge in [0.25, 0.3) is 0 Å². The van der Waals surface area contributed by atoms with Crippen LogP contribution >= 0.6 is 0 Å². The molecular formula is C13H20N2. The van der Waals surface area contributed by atoms with Crippen molar-refractivity contribution in [2.24, 2.45) is 0 Å². The number of nitrogens with zero attached hydrogens (tertiary/aromatic N) is 2. The summed E-state index contributed by atoms with van der Waals surface area (Å²) in [5, 5.41) is 0. The Balaban J connectivity index is 1.66. The number of hydrogen-bond acceptors (Lipinski definition) is 2. The van der Waals surface area contributed by atoms with Crippen LogP contribution in [0.3, 0.4) is 0 Å². The van der Waals surface area contributed by atoms with Gasteiger partial charge in [-0.05, 0) is 31.8 Å². The molecule has 15 heavy (non-hydrogen) atoms. The van der Waals surface area contributed by atoms with Gasteiger partial charge in [-0.15, -0.1) is 0 Å². The Kier molecular flexibility index (Phi) is 2.43. The second-order valence-electron chi connectivity index (χ2n) is 4.86. The summed E-state index contributed by atoms with van der Waals surface area (Å²) in [6.45, 7) is 5.12. The lowest BCUT2D eigenvalue weighted by atomic mass is 10.3. The largest absolute Gasteiger partial charge is 0.375 e. The lowest BCUT2D eigenvalue weighted by Crippen LogP contribution is -2.18. The number of rotatable bonds is 2. The van der Waals surface area contributed by atoms with Crippen molar-refractivity contribution in [1.29, 1.82) is 0 Å². The molecule has 0 spiro atoms. The van der Waals surface area contributed by atoms with Gasteiger partial charge in [-0.2, -0.15) is 0 Å². The first-order chi connectivity index (χ1) is 7.43. The Labute approximate surface area is 92.2 Å². The van der Waals surface area contributed by atoms with Crippen LogP contribution in [0.5, 0.6) is 0 Å². The molecular weight excluding hydrogens is 184 g/mol.